The number of hydrogen-bond donors (Lipinski definition) is 0. The summed E-state index contributed by atoms with van der Waals surface area (Å²) in [5, 5.41) is 8.56. The van der Waals surface area contributed by atoms with Crippen molar-refractivity contribution < 1.29 is 0 Å². The normalized spacial score (nSPS) is 14.1. The highest BCUT2D eigenvalue weighted by Gasteiger charge is 2.20. The molecule has 78 valence electrons. The van der Waals surface area contributed by atoms with Crippen LogP contribution in [0.25, 0.3) is 0 Å². The minimum Gasteiger partial charge on any atom is -0.198 e. The maximum atomic E-state index is 8.56. The molecule has 0 fully saturated rings. The summed E-state index contributed by atoms with van der Waals surface area (Å²) in [6.45, 7) is 12.0. The molecule has 0 aromatic rings. The third-order valence-electron chi connectivity index (χ3n) is 3.03. The highest BCUT2D eigenvalue weighted by Crippen LogP contribution is 2.33. The minimum atomic E-state index is 0.293. The number of nitrogens with zero attached hydrogens (tertiary/aromatic N) is 1. The van der Waals surface area contributed by atoms with Crippen LogP contribution in [0.4, 0.5) is 0 Å². The van der Waals surface area contributed by atoms with E-state index in [1.807, 2.05) is 6.08 Å². The Balaban J connectivity index is 4.05. The first-order valence-electron chi connectivity index (χ1n) is 5.25. The molecule has 0 saturated carbocycles. The Kier molecular flexibility index (Phi) is 5.95. The Morgan fingerprint density at radius 3 is 2.57 bits per heavy atom. The van der Waals surface area contributed by atoms with Crippen LogP contribution in [0, 0.1) is 16.7 Å². The van der Waals surface area contributed by atoms with Gasteiger partial charge in [-0.05, 0) is 24.7 Å². The molecule has 1 atom stereocenters. The fraction of sp³-hybridized carbons (Fsp3) is 0.615. The molecule has 0 bridgehead atoms. The van der Waals surface area contributed by atoms with E-state index < -0.39 is 0 Å². The Labute approximate surface area is 88.1 Å². The van der Waals surface area contributed by atoms with Gasteiger partial charge in [0.1, 0.15) is 0 Å². The molecule has 14 heavy (non-hydrogen) atoms. The quantitative estimate of drug-likeness (QED) is 0.552. The van der Waals surface area contributed by atoms with Crippen molar-refractivity contribution in [1.29, 1.82) is 5.26 Å². The largest absolute Gasteiger partial charge is 0.198 e. The van der Waals surface area contributed by atoms with Gasteiger partial charge in [0.15, 0.2) is 0 Å². The smallest absolute Gasteiger partial charge is 0.0621 e. The number of nitriles is 1. The highest BCUT2D eigenvalue weighted by atomic mass is 14.3. The second-order valence-corrected chi connectivity index (χ2v) is 4.18. The molecule has 0 aliphatic carbocycles. The molecule has 0 spiro atoms. The van der Waals surface area contributed by atoms with Crippen LogP contribution in [-0.2, 0) is 0 Å². The molecule has 0 rings (SSSR count). The topological polar surface area (TPSA) is 23.8 Å². The van der Waals surface area contributed by atoms with Crippen LogP contribution in [-0.4, -0.2) is 0 Å². The monoisotopic (exact) mass is 191 g/mol. The van der Waals surface area contributed by atoms with Gasteiger partial charge in [-0.3, -0.25) is 0 Å². The maximum Gasteiger partial charge on any atom is 0.0621 e. The van der Waals surface area contributed by atoms with E-state index in [4.69, 9.17) is 5.26 Å². The summed E-state index contributed by atoms with van der Waals surface area (Å²) in [5.74, 6) is 0. The second kappa shape index (κ2) is 6.43. The van der Waals surface area contributed by atoms with Crippen LogP contribution < -0.4 is 0 Å². The van der Waals surface area contributed by atoms with Gasteiger partial charge < -0.3 is 0 Å². The molecular formula is C13H21N. The molecule has 0 aromatic heterocycles. The van der Waals surface area contributed by atoms with Crippen LogP contribution >= 0.6 is 0 Å². The van der Waals surface area contributed by atoms with Crippen molar-refractivity contribution in [1.82, 2.24) is 0 Å². The summed E-state index contributed by atoms with van der Waals surface area (Å²) < 4.78 is 0. The molecule has 1 unspecified atom stereocenters. The first-order valence-corrected chi connectivity index (χ1v) is 5.25. The molecule has 0 amide bonds. The predicted molar refractivity (Wildman–Crippen MR) is 61.8 cm³/mol. The van der Waals surface area contributed by atoms with Crippen molar-refractivity contribution in [2.75, 3.05) is 0 Å². The third-order valence-corrected chi connectivity index (χ3v) is 3.03. The lowest BCUT2D eigenvalue weighted by Crippen LogP contribution is -2.14. The molecular weight excluding hydrogens is 170 g/mol. The van der Waals surface area contributed by atoms with Crippen molar-refractivity contribution in [3.8, 4) is 6.07 Å². The van der Waals surface area contributed by atoms with E-state index in [2.05, 4.69) is 33.1 Å². The van der Waals surface area contributed by atoms with E-state index in [-0.39, 0.29) is 0 Å². The van der Waals surface area contributed by atoms with Crippen molar-refractivity contribution in [2.24, 2.45) is 5.41 Å². The fourth-order valence-electron chi connectivity index (χ4n) is 1.40. The van der Waals surface area contributed by atoms with Gasteiger partial charge in [-0.2, -0.15) is 5.26 Å². The minimum absolute atomic E-state index is 0.293. The average Bonchev–Trinajstić information content (AvgIpc) is 2.23. The van der Waals surface area contributed by atoms with Gasteiger partial charge in [0, 0.05) is 6.42 Å². The van der Waals surface area contributed by atoms with Gasteiger partial charge in [-0.1, -0.05) is 45.1 Å². The Morgan fingerprint density at radius 1 is 1.50 bits per heavy atom. The van der Waals surface area contributed by atoms with E-state index in [1.54, 1.807) is 0 Å². The van der Waals surface area contributed by atoms with Gasteiger partial charge >= 0.3 is 0 Å². The summed E-state index contributed by atoms with van der Waals surface area (Å²) >= 11 is 0. The third kappa shape index (κ3) is 4.87. The van der Waals surface area contributed by atoms with E-state index >= 15 is 0 Å². The van der Waals surface area contributed by atoms with Gasteiger partial charge in [0.2, 0.25) is 0 Å². The van der Waals surface area contributed by atoms with Crippen LogP contribution in [0.15, 0.2) is 24.8 Å². The SMILES string of the molecule is C=CC(=C)CCC(C)(CC)CCC#N. The zero-order valence-corrected chi connectivity index (χ0v) is 9.47. The fourth-order valence-corrected chi connectivity index (χ4v) is 1.40. The predicted octanol–water partition coefficient (Wildman–Crippen LogP) is 4.23. The summed E-state index contributed by atoms with van der Waals surface area (Å²) in [4.78, 5) is 0. The van der Waals surface area contributed by atoms with Crippen molar-refractivity contribution in [3.63, 3.8) is 0 Å². The van der Waals surface area contributed by atoms with E-state index in [9.17, 15) is 0 Å². The summed E-state index contributed by atoms with van der Waals surface area (Å²) in [7, 11) is 0. The average molecular weight is 191 g/mol. The molecule has 0 aliphatic heterocycles. The Bertz CT molecular complexity index is 234. The lowest BCUT2D eigenvalue weighted by atomic mass is 9.78. The summed E-state index contributed by atoms with van der Waals surface area (Å²) in [5.41, 5.74) is 1.39. The van der Waals surface area contributed by atoms with Gasteiger partial charge in [0.25, 0.3) is 0 Å². The Hall–Kier alpha value is -1.03. The zero-order valence-electron chi connectivity index (χ0n) is 9.47. The lowest BCUT2D eigenvalue weighted by Gasteiger charge is -2.27. The Morgan fingerprint density at radius 2 is 2.14 bits per heavy atom. The molecule has 0 saturated heterocycles. The number of hydrogen-bond acceptors (Lipinski definition) is 1. The van der Waals surface area contributed by atoms with E-state index in [0.717, 1.165) is 31.3 Å². The van der Waals surface area contributed by atoms with E-state index in [0.29, 0.717) is 11.8 Å². The second-order valence-electron chi connectivity index (χ2n) is 4.18. The molecule has 0 heterocycles. The molecule has 0 aliphatic rings. The van der Waals surface area contributed by atoms with Crippen LogP contribution in [0.5, 0.6) is 0 Å². The molecule has 0 N–H and O–H groups in total. The van der Waals surface area contributed by atoms with Gasteiger partial charge in [0.05, 0.1) is 6.07 Å². The molecule has 1 heteroatoms. The van der Waals surface area contributed by atoms with Crippen LogP contribution in [0.2, 0.25) is 0 Å². The zero-order chi connectivity index (χ0) is 11.0. The van der Waals surface area contributed by atoms with Gasteiger partial charge in [-0.25, -0.2) is 0 Å². The van der Waals surface area contributed by atoms with Crippen molar-refractivity contribution >= 4 is 0 Å². The lowest BCUT2D eigenvalue weighted by molar-refractivity contribution is 0.265. The maximum absolute atomic E-state index is 8.56. The summed E-state index contributed by atoms with van der Waals surface area (Å²) in [6.07, 6.45) is 6.70. The standard InChI is InChI=1S/C13H21N/c1-5-12(3)8-10-13(4,6-2)9-7-11-14/h5H,1,3,6-10H2,2,4H3. The highest BCUT2D eigenvalue weighted by molar-refractivity contribution is 5.10. The molecule has 0 radical (unpaired) electrons. The molecule has 0 aromatic carbocycles. The van der Waals surface area contributed by atoms with Gasteiger partial charge in [-0.15, -0.1) is 0 Å². The van der Waals surface area contributed by atoms with Crippen LogP contribution in [0.3, 0.4) is 0 Å². The van der Waals surface area contributed by atoms with Crippen molar-refractivity contribution in [2.45, 2.75) is 46.0 Å². The molecule has 1 nitrogen and oxygen atoms in total. The first-order chi connectivity index (χ1) is 6.58. The first kappa shape index (κ1) is 13.0. The summed E-state index contributed by atoms with van der Waals surface area (Å²) in [6, 6.07) is 2.22. The van der Waals surface area contributed by atoms with Crippen LogP contribution in [0.1, 0.15) is 46.0 Å². The number of rotatable bonds is 7. The number of allylic oxidation sites excluding steroid dienone is 2. The van der Waals surface area contributed by atoms with E-state index in [1.165, 1.54) is 0 Å². The van der Waals surface area contributed by atoms with Crippen molar-refractivity contribution in [3.05, 3.63) is 24.8 Å².